The Bertz CT molecular complexity index is 622. The first-order valence-electron chi connectivity index (χ1n) is 6.62. The van der Waals surface area contributed by atoms with Crippen LogP contribution < -0.4 is 10.5 Å². The minimum atomic E-state index is -3.74. The molecular formula is C13H18Cl2N2O3S. The van der Waals surface area contributed by atoms with E-state index in [1.165, 1.54) is 12.1 Å². The van der Waals surface area contributed by atoms with Crippen molar-refractivity contribution in [2.75, 3.05) is 7.11 Å². The largest absolute Gasteiger partial charge is 0.380 e. The molecule has 0 amide bonds. The molecule has 2 unspecified atom stereocenters. The molecule has 0 aromatic heterocycles. The topological polar surface area (TPSA) is 81.4 Å². The summed E-state index contributed by atoms with van der Waals surface area (Å²) in [5.74, 6) is 0. The Morgan fingerprint density at radius 3 is 2.67 bits per heavy atom. The van der Waals surface area contributed by atoms with Gasteiger partial charge in [-0.2, -0.15) is 0 Å². The number of benzene rings is 1. The quantitative estimate of drug-likeness (QED) is 0.851. The summed E-state index contributed by atoms with van der Waals surface area (Å²) in [4.78, 5) is -0.00392. The summed E-state index contributed by atoms with van der Waals surface area (Å²) in [6.45, 7) is 0.142. The fourth-order valence-corrected chi connectivity index (χ4v) is 4.71. The molecule has 0 spiro atoms. The van der Waals surface area contributed by atoms with Crippen molar-refractivity contribution >= 4 is 33.2 Å². The number of halogens is 2. The highest BCUT2D eigenvalue weighted by Crippen LogP contribution is 2.30. The van der Waals surface area contributed by atoms with E-state index < -0.39 is 10.0 Å². The zero-order valence-corrected chi connectivity index (χ0v) is 13.9. The Morgan fingerprint density at radius 1 is 1.33 bits per heavy atom. The van der Waals surface area contributed by atoms with Crippen LogP contribution in [0.25, 0.3) is 0 Å². The van der Waals surface area contributed by atoms with Crippen molar-refractivity contribution in [1.29, 1.82) is 0 Å². The third-order valence-corrected chi connectivity index (χ3v) is 5.98. The summed E-state index contributed by atoms with van der Waals surface area (Å²) in [6, 6.07) is 2.58. The van der Waals surface area contributed by atoms with Crippen molar-refractivity contribution in [3.8, 4) is 0 Å². The number of rotatable bonds is 5. The van der Waals surface area contributed by atoms with E-state index in [0.717, 1.165) is 19.3 Å². The van der Waals surface area contributed by atoms with Crippen molar-refractivity contribution < 1.29 is 13.2 Å². The molecular weight excluding hydrogens is 335 g/mol. The SMILES string of the molecule is COC1CCCC1NS(=O)(=O)c1cc(CN)c(Cl)cc1Cl. The molecule has 118 valence electrons. The number of hydrogen-bond donors (Lipinski definition) is 2. The van der Waals surface area contributed by atoms with E-state index in [9.17, 15) is 8.42 Å². The van der Waals surface area contributed by atoms with Gasteiger partial charge in [0, 0.05) is 24.7 Å². The summed E-state index contributed by atoms with van der Waals surface area (Å²) in [6.07, 6.45) is 2.40. The second-order valence-corrected chi connectivity index (χ2v) is 7.51. The molecule has 21 heavy (non-hydrogen) atoms. The van der Waals surface area contributed by atoms with E-state index >= 15 is 0 Å². The Hall–Kier alpha value is -0.370. The van der Waals surface area contributed by atoms with Crippen LogP contribution >= 0.6 is 23.2 Å². The van der Waals surface area contributed by atoms with Gasteiger partial charge in [0.05, 0.1) is 11.1 Å². The van der Waals surface area contributed by atoms with E-state index in [4.69, 9.17) is 33.7 Å². The standard InChI is InChI=1S/C13H18Cl2N2O3S/c1-20-12-4-2-3-11(12)17-21(18,19)13-5-8(7-16)9(14)6-10(13)15/h5-6,11-12,17H,2-4,7,16H2,1H3. The fourth-order valence-electron chi connectivity index (χ4n) is 2.54. The van der Waals surface area contributed by atoms with Gasteiger partial charge in [-0.05, 0) is 37.0 Å². The van der Waals surface area contributed by atoms with Crippen LogP contribution in [0.5, 0.6) is 0 Å². The molecule has 1 saturated carbocycles. The maximum Gasteiger partial charge on any atom is 0.242 e. The average molecular weight is 353 g/mol. The number of nitrogens with two attached hydrogens (primary N) is 1. The van der Waals surface area contributed by atoms with Crippen LogP contribution in [-0.4, -0.2) is 27.7 Å². The molecule has 1 fully saturated rings. The molecule has 0 bridgehead atoms. The normalized spacial score (nSPS) is 22.7. The minimum absolute atomic E-state index is 0.00392. The van der Waals surface area contributed by atoms with Gasteiger partial charge in [-0.15, -0.1) is 0 Å². The molecule has 1 aliphatic rings. The fraction of sp³-hybridized carbons (Fsp3) is 0.538. The molecule has 1 aliphatic carbocycles. The molecule has 5 nitrogen and oxygen atoms in total. The zero-order valence-electron chi connectivity index (χ0n) is 11.6. The maximum absolute atomic E-state index is 12.5. The van der Waals surface area contributed by atoms with E-state index in [1.807, 2.05) is 0 Å². The molecule has 0 aliphatic heterocycles. The highest BCUT2D eigenvalue weighted by molar-refractivity contribution is 7.89. The lowest BCUT2D eigenvalue weighted by atomic mass is 10.2. The molecule has 8 heteroatoms. The lowest BCUT2D eigenvalue weighted by Gasteiger charge is -2.20. The molecule has 1 aromatic carbocycles. The second kappa shape index (κ2) is 6.81. The average Bonchev–Trinajstić information content (AvgIpc) is 2.85. The summed E-state index contributed by atoms with van der Waals surface area (Å²) < 4.78 is 33.0. The van der Waals surface area contributed by atoms with Gasteiger partial charge in [-0.25, -0.2) is 13.1 Å². The lowest BCUT2D eigenvalue weighted by Crippen LogP contribution is -2.40. The van der Waals surface area contributed by atoms with Crippen LogP contribution in [0.2, 0.25) is 10.0 Å². The van der Waals surface area contributed by atoms with Gasteiger partial charge in [0.2, 0.25) is 10.0 Å². The van der Waals surface area contributed by atoms with Gasteiger partial charge >= 0.3 is 0 Å². The Labute approximate surface area is 134 Å². The Balaban J connectivity index is 2.31. The van der Waals surface area contributed by atoms with Crippen LogP contribution in [0.1, 0.15) is 24.8 Å². The van der Waals surface area contributed by atoms with Crippen molar-refractivity contribution in [3.05, 3.63) is 27.7 Å². The predicted molar refractivity (Wildman–Crippen MR) is 83.1 cm³/mol. The van der Waals surface area contributed by atoms with Crippen LogP contribution in [0, 0.1) is 0 Å². The summed E-state index contributed by atoms with van der Waals surface area (Å²) >= 11 is 12.0. The Morgan fingerprint density at radius 2 is 2.05 bits per heavy atom. The van der Waals surface area contributed by atoms with Gasteiger partial charge in [0.1, 0.15) is 4.90 Å². The third-order valence-electron chi connectivity index (χ3n) is 3.67. The summed E-state index contributed by atoms with van der Waals surface area (Å²) in [7, 11) is -2.16. The zero-order chi connectivity index (χ0) is 15.6. The van der Waals surface area contributed by atoms with Gasteiger partial charge in [-0.1, -0.05) is 23.2 Å². The van der Waals surface area contributed by atoms with Crippen LogP contribution in [0.15, 0.2) is 17.0 Å². The minimum Gasteiger partial charge on any atom is -0.380 e. The second-order valence-electron chi connectivity index (χ2n) is 5.01. The predicted octanol–water partition coefficient (Wildman–Crippen LogP) is 2.30. The Kier molecular flexibility index (Phi) is 5.51. The number of hydrogen-bond acceptors (Lipinski definition) is 4. The van der Waals surface area contributed by atoms with Crippen molar-refractivity contribution in [3.63, 3.8) is 0 Å². The molecule has 3 N–H and O–H groups in total. The first-order valence-corrected chi connectivity index (χ1v) is 8.86. The van der Waals surface area contributed by atoms with Gasteiger partial charge < -0.3 is 10.5 Å². The highest BCUT2D eigenvalue weighted by Gasteiger charge is 2.32. The molecule has 2 rings (SSSR count). The number of nitrogens with one attached hydrogen (secondary N) is 1. The number of sulfonamides is 1. The van der Waals surface area contributed by atoms with E-state index in [2.05, 4.69) is 4.72 Å². The van der Waals surface area contributed by atoms with Gasteiger partial charge in [-0.3, -0.25) is 0 Å². The van der Waals surface area contributed by atoms with Crippen LogP contribution in [0.4, 0.5) is 0 Å². The smallest absolute Gasteiger partial charge is 0.242 e. The van der Waals surface area contributed by atoms with Crippen molar-refractivity contribution in [2.45, 2.75) is 42.8 Å². The number of methoxy groups -OCH3 is 1. The van der Waals surface area contributed by atoms with E-state index in [1.54, 1.807) is 7.11 Å². The molecule has 0 saturated heterocycles. The monoisotopic (exact) mass is 352 g/mol. The molecule has 2 atom stereocenters. The first-order chi connectivity index (χ1) is 9.89. The van der Waals surface area contributed by atoms with E-state index in [-0.39, 0.29) is 28.6 Å². The number of ether oxygens (including phenoxy) is 1. The summed E-state index contributed by atoms with van der Waals surface area (Å²) in [5.41, 5.74) is 6.10. The van der Waals surface area contributed by atoms with Crippen LogP contribution in [0.3, 0.4) is 0 Å². The van der Waals surface area contributed by atoms with Crippen molar-refractivity contribution in [2.24, 2.45) is 5.73 Å². The molecule has 0 radical (unpaired) electrons. The van der Waals surface area contributed by atoms with Crippen molar-refractivity contribution in [1.82, 2.24) is 4.72 Å². The third kappa shape index (κ3) is 3.70. The molecule has 1 aromatic rings. The van der Waals surface area contributed by atoms with Gasteiger partial charge in [0.15, 0.2) is 0 Å². The first kappa shape index (κ1) is 17.0. The maximum atomic E-state index is 12.5. The lowest BCUT2D eigenvalue weighted by molar-refractivity contribution is 0.0916. The van der Waals surface area contributed by atoms with Crippen LogP contribution in [-0.2, 0) is 21.3 Å². The highest BCUT2D eigenvalue weighted by atomic mass is 35.5. The van der Waals surface area contributed by atoms with Gasteiger partial charge in [0.25, 0.3) is 0 Å². The van der Waals surface area contributed by atoms with E-state index in [0.29, 0.717) is 10.6 Å². The summed E-state index contributed by atoms with van der Waals surface area (Å²) in [5, 5.41) is 0.439. The molecule has 0 heterocycles.